The summed E-state index contributed by atoms with van der Waals surface area (Å²) in [6.45, 7) is 10.9. The highest BCUT2D eigenvalue weighted by molar-refractivity contribution is 5.80. The van der Waals surface area contributed by atoms with Gasteiger partial charge in [-0.25, -0.2) is 0 Å². The van der Waals surface area contributed by atoms with Crippen molar-refractivity contribution in [2.45, 2.75) is 64.6 Å². The first kappa shape index (κ1) is 23.0. The summed E-state index contributed by atoms with van der Waals surface area (Å²) >= 11 is 0. The van der Waals surface area contributed by atoms with Crippen LogP contribution in [0.3, 0.4) is 0 Å². The monoisotopic (exact) mass is 450 g/mol. The molecule has 0 amide bonds. The van der Waals surface area contributed by atoms with Gasteiger partial charge in [0.15, 0.2) is 5.82 Å². The van der Waals surface area contributed by atoms with Gasteiger partial charge in [-0.3, -0.25) is 5.10 Å². The summed E-state index contributed by atoms with van der Waals surface area (Å²) in [7, 11) is 3.66. The summed E-state index contributed by atoms with van der Waals surface area (Å²) in [5, 5.41) is 30.5. The number of nitrogens with zero attached hydrogens (tertiary/aromatic N) is 4. The number of aromatic nitrogens is 4. The maximum absolute atomic E-state index is 10.8. The van der Waals surface area contributed by atoms with Crippen LogP contribution in [0, 0.1) is 6.92 Å². The Bertz CT molecular complexity index is 1120. The zero-order chi connectivity index (χ0) is 24.0. The zero-order valence-electron chi connectivity index (χ0n) is 20.5. The number of aromatic amines is 1. The molecule has 4 rings (SSSR count). The number of anilines is 1. The number of phenolic OH excluding ortho intramolecular Hbond substituents is 1. The minimum atomic E-state index is 0.0439. The van der Waals surface area contributed by atoms with Gasteiger partial charge in [-0.15, -0.1) is 10.2 Å². The molecule has 1 aromatic carbocycles. The first-order chi connectivity index (χ1) is 15.5. The summed E-state index contributed by atoms with van der Waals surface area (Å²) < 4.78 is 5.60. The third kappa shape index (κ3) is 4.66. The van der Waals surface area contributed by atoms with Gasteiger partial charge in [0.2, 0.25) is 0 Å². The Kier molecular flexibility index (Phi) is 5.82. The number of piperidine rings is 1. The Morgan fingerprint density at radius 3 is 2.33 bits per heavy atom. The fourth-order valence-corrected chi connectivity index (χ4v) is 5.19. The van der Waals surface area contributed by atoms with Crippen molar-refractivity contribution in [1.82, 2.24) is 25.7 Å². The van der Waals surface area contributed by atoms with Crippen molar-refractivity contribution >= 4 is 5.82 Å². The first-order valence-corrected chi connectivity index (χ1v) is 11.3. The summed E-state index contributed by atoms with van der Waals surface area (Å²) in [5.74, 6) is 1.42. The molecular weight excluding hydrogens is 416 g/mol. The molecule has 1 fully saturated rings. The Morgan fingerprint density at radius 2 is 1.79 bits per heavy atom. The van der Waals surface area contributed by atoms with Gasteiger partial charge >= 0.3 is 0 Å². The highest BCUT2D eigenvalue weighted by atomic mass is 16.5. The van der Waals surface area contributed by atoms with Crippen molar-refractivity contribution in [3.8, 4) is 33.9 Å². The van der Waals surface area contributed by atoms with Crippen molar-refractivity contribution in [3.05, 3.63) is 36.2 Å². The third-order valence-corrected chi connectivity index (χ3v) is 6.43. The molecule has 8 nitrogen and oxygen atoms in total. The highest BCUT2D eigenvalue weighted by Gasteiger charge is 2.39. The Labute approximate surface area is 195 Å². The zero-order valence-corrected chi connectivity index (χ0v) is 20.5. The van der Waals surface area contributed by atoms with Gasteiger partial charge < -0.3 is 20.1 Å². The van der Waals surface area contributed by atoms with E-state index in [2.05, 4.69) is 65.4 Å². The van der Waals surface area contributed by atoms with Gasteiger partial charge in [0.05, 0.1) is 18.9 Å². The minimum Gasteiger partial charge on any atom is -0.507 e. The summed E-state index contributed by atoms with van der Waals surface area (Å²) in [5.41, 5.74) is 3.81. The average Bonchev–Trinajstić information content (AvgIpc) is 3.16. The number of ether oxygens (including phenoxy) is 1. The predicted octanol–water partition coefficient (Wildman–Crippen LogP) is 4.30. The van der Waals surface area contributed by atoms with Gasteiger partial charge in [0.25, 0.3) is 0 Å². The standard InChI is InChI=1S/C25H34N6O2/c1-15-18(14-26-27-15)16-10-20(32)23(21(11-16)33-7)19-8-9-22(29-28-19)31(6)17-12-24(2,3)30-25(4,5)13-17/h8-11,14,17,30,32H,12-13H2,1-7H3,(H,26,27). The van der Waals surface area contributed by atoms with Gasteiger partial charge in [-0.1, -0.05) is 0 Å². The van der Waals surface area contributed by atoms with Crippen LogP contribution >= 0.6 is 0 Å². The molecule has 2 aromatic heterocycles. The highest BCUT2D eigenvalue weighted by Crippen LogP contribution is 2.41. The second-order valence-electron chi connectivity index (χ2n) is 10.3. The van der Waals surface area contributed by atoms with Crippen LogP contribution in [-0.4, -0.2) is 56.8 Å². The molecule has 1 aliphatic heterocycles. The number of phenols is 1. The molecule has 33 heavy (non-hydrogen) atoms. The van der Waals surface area contributed by atoms with Gasteiger partial charge in [0, 0.05) is 35.4 Å². The van der Waals surface area contributed by atoms with Crippen LogP contribution < -0.4 is 15.0 Å². The number of nitrogens with one attached hydrogen (secondary N) is 2. The topological polar surface area (TPSA) is 99.2 Å². The van der Waals surface area contributed by atoms with E-state index in [0.29, 0.717) is 23.0 Å². The molecule has 1 aliphatic rings. The Morgan fingerprint density at radius 1 is 1.09 bits per heavy atom. The molecule has 0 saturated carbocycles. The normalized spacial score (nSPS) is 17.7. The van der Waals surface area contributed by atoms with E-state index in [1.807, 2.05) is 25.1 Å². The van der Waals surface area contributed by atoms with E-state index in [-0.39, 0.29) is 16.8 Å². The van der Waals surface area contributed by atoms with Crippen molar-refractivity contribution in [1.29, 1.82) is 0 Å². The second kappa shape index (κ2) is 8.33. The number of rotatable bonds is 5. The van der Waals surface area contributed by atoms with Crippen molar-refractivity contribution in [3.63, 3.8) is 0 Å². The van der Waals surface area contributed by atoms with Crippen molar-refractivity contribution in [2.75, 3.05) is 19.1 Å². The number of H-pyrrole nitrogens is 1. The molecule has 0 radical (unpaired) electrons. The van der Waals surface area contributed by atoms with E-state index in [1.165, 1.54) is 0 Å². The maximum Gasteiger partial charge on any atom is 0.151 e. The molecule has 3 heterocycles. The Balaban J connectivity index is 1.63. The fourth-order valence-electron chi connectivity index (χ4n) is 5.19. The van der Waals surface area contributed by atoms with Crippen LogP contribution in [0.2, 0.25) is 0 Å². The average molecular weight is 451 g/mol. The summed E-state index contributed by atoms with van der Waals surface area (Å²) in [6.07, 6.45) is 3.76. The quantitative estimate of drug-likeness (QED) is 0.533. The van der Waals surface area contributed by atoms with E-state index >= 15 is 0 Å². The van der Waals surface area contributed by atoms with Gasteiger partial charge in [-0.05, 0) is 77.3 Å². The van der Waals surface area contributed by atoms with E-state index in [4.69, 9.17) is 4.74 Å². The van der Waals surface area contributed by atoms with E-state index < -0.39 is 0 Å². The SMILES string of the molecule is COc1cc(-c2cn[nH]c2C)cc(O)c1-c1ccc(N(C)C2CC(C)(C)NC(C)(C)C2)nn1. The largest absolute Gasteiger partial charge is 0.507 e. The maximum atomic E-state index is 10.8. The molecule has 3 N–H and O–H groups in total. The molecule has 0 aliphatic carbocycles. The number of aryl methyl sites for hydroxylation is 1. The number of hydrogen-bond acceptors (Lipinski definition) is 7. The molecule has 1 saturated heterocycles. The molecule has 0 atom stereocenters. The van der Waals surface area contributed by atoms with Crippen LogP contribution in [-0.2, 0) is 0 Å². The minimum absolute atomic E-state index is 0.0439. The third-order valence-electron chi connectivity index (χ3n) is 6.43. The van der Waals surface area contributed by atoms with Crippen LogP contribution in [0.5, 0.6) is 11.5 Å². The van der Waals surface area contributed by atoms with Crippen LogP contribution in [0.4, 0.5) is 5.82 Å². The van der Waals surface area contributed by atoms with E-state index in [0.717, 1.165) is 35.5 Å². The number of benzene rings is 1. The fraction of sp³-hybridized carbons (Fsp3) is 0.480. The second-order valence-corrected chi connectivity index (χ2v) is 10.3. The van der Waals surface area contributed by atoms with E-state index in [1.54, 1.807) is 19.4 Å². The number of methoxy groups -OCH3 is 1. The molecule has 176 valence electrons. The van der Waals surface area contributed by atoms with Crippen LogP contribution in [0.25, 0.3) is 22.4 Å². The molecular formula is C25H34N6O2. The lowest BCUT2D eigenvalue weighted by atomic mass is 9.79. The van der Waals surface area contributed by atoms with Crippen LogP contribution in [0.15, 0.2) is 30.5 Å². The lowest BCUT2D eigenvalue weighted by Gasteiger charge is -2.49. The van der Waals surface area contributed by atoms with Gasteiger partial charge in [-0.2, -0.15) is 5.10 Å². The van der Waals surface area contributed by atoms with Crippen molar-refractivity contribution in [2.24, 2.45) is 0 Å². The lowest BCUT2D eigenvalue weighted by Crippen LogP contribution is -2.62. The molecule has 0 bridgehead atoms. The van der Waals surface area contributed by atoms with E-state index in [9.17, 15) is 5.11 Å². The van der Waals surface area contributed by atoms with Crippen LogP contribution in [0.1, 0.15) is 46.2 Å². The number of hydrogen-bond donors (Lipinski definition) is 3. The first-order valence-electron chi connectivity index (χ1n) is 11.3. The lowest BCUT2D eigenvalue weighted by molar-refractivity contribution is 0.160. The predicted molar refractivity (Wildman–Crippen MR) is 131 cm³/mol. The smallest absolute Gasteiger partial charge is 0.151 e. The summed E-state index contributed by atoms with van der Waals surface area (Å²) in [4.78, 5) is 2.21. The molecule has 0 spiro atoms. The molecule has 8 heteroatoms. The number of aromatic hydroxyl groups is 1. The molecule has 3 aromatic rings. The summed E-state index contributed by atoms with van der Waals surface area (Å²) in [6, 6.07) is 7.77. The Hall–Kier alpha value is -3.13. The van der Waals surface area contributed by atoms with Crippen molar-refractivity contribution < 1.29 is 9.84 Å². The van der Waals surface area contributed by atoms with Gasteiger partial charge in [0.1, 0.15) is 17.2 Å². The molecule has 0 unspecified atom stereocenters.